The summed E-state index contributed by atoms with van der Waals surface area (Å²) >= 11 is 1.94. The first-order valence-corrected chi connectivity index (χ1v) is 22.9. The van der Waals surface area contributed by atoms with E-state index in [1.165, 1.54) is 151 Å². The van der Waals surface area contributed by atoms with Gasteiger partial charge in [0, 0.05) is 21.9 Å². The molecule has 0 spiro atoms. The number of benzene rings is 2. The molecule has 2 heterocycles. The second-order valence-electron chi connectivity index (χ2n) is 16.6. The molecule has 3 aliphatic rings. The molecule has 4 heteroatoms. The Morgan fingerprint density at radius 1 is 0.600 bits per heavy atom. The number of aromatic nitrogens is 2. The van der Waals surface area contributed by atoms with Crippen LogP contribution in [0.15, 0.2) is 47.4 Å². The van der Waals surface area contributed by atoms with Gasteiger partial charge < -0.3 is 0 Å². The van der Waals surface area contributed by atoms with Crippen molar-refractivity contribution in [3.05, 3.63) is 102 Å². The lowest BCUT2D eigenvalue weighted by molar-refractivity contribution is 0.472. The van der Waals surface area contributed by atoms with Crippen molar-refractivity contribution in [3.8, 4) is 11.4 Å². The van der Waals surface area contributed by atoms with Gasteiger partial charge in [0.1, 0.15) is 5.20 Å². The fourth-order valence-corrected chi connectivity index (χ4v) is 19.4. The summed E-state index contributed by atoms with van der Waals surface area (Å²) in [5.41, 5.74) is 18.3. The molecule has 0 bridgehead atoms. The van der Waals surface area contributed by atoms with E-state index in [0.29, 0.717) is 5.66 Å². The lowest BCUT2D eigenvalue weighted by atomic mass is 9.93. The summed E-state index contributed by atoms with van der Waals surface area (Å²) in [6.45, 7) is 17.2. The van der Waals surface area contributed by atoms with E-state index in [1.807, 2.05) is 11.3 Å². The molecule has 50 heavy (non-hydrogen) atoms. The molecule has 0 radical (unpaired) electrons. The van der Waals surface area contributed by atoms with Gasteiger partial charge in [0.05, 0.1) is 11.4 Å². The third-order valence-corrected chi connectivity index (χ3v) is 20.0. The van der Waals surface area contributed by atoms with Crippen molar-refractivity contribution in [2.24, 2.45) is 0 Å². The highest BCUT2D eigenvalue weighted by molar-refractivity contribution is 7.70. The van der Waals surface area contributed by atoms with Crippen LogP contribution in [0.3, 0.4) is 0 Å². The maximum Gasteiger partial charge on any atom is 0.118 e. The molecule has 0 amide bonds. The van der Waals surface area contributed by atoms with E-state index in [4.69, 9.17) is 0 Å². The summed E-state index contributed by atoms with van der Waals surface area (Å²) in [5.74, 6) is 0. The van der Waals surface area contributed by atoms with E-state index in [2.05, 4.69) is 112 Å². The highest BCUT2D eigenvalue weighted by atomic mass is 32.1. The van der Waals surface area contributed by atoms with Crippen molar-refractivity contribution in [2.45, 2.75) is 162 Å². The van der Waals surface area contributed by atoms with Crippen LogP contribution in [-0.2, 0) is 0 Å². The van der Waals surface area contributed by atoms with Crippen LogP contribution in [0.5, 0.6) is 0 Å². The smallest absolute Gasteiger partial charge is 0.118 e. The van der Waals surface area contributed by atoms with E-state index in [0.717, 1.165) is 11.3 Å². The largest absolute Gasteiger partial charge is 0.298 e. The summed E-state index contributed by atoms with van der Waals surface area (Å²) in [6, 6.07) is 14.5. The predicted molar refractivity (Wildman–Crippen MR) is 221 cm³/mol. The van der Waals surface area contributed by atoms with Gasteiger partial charge in [0.15, 0.2) is 0 Å². The van der Waals surface area contributed by atoms with Crippen molar-refractivity contribution in [1.29, 1.82) is 0 Å². The van der Waals surface area contributed by atoms with Crippen LogP contribution >= 0.6 is 18.2 Å². The molecule has 1 atom stereocenters. The molecule has 3 aliphatic carbocycles. The Hall–Kier alpha value is -2.48. The lowest BCUT2D eigenvalue weighted by Crippen LogP contribution is -2.34. The molecular formula is C46H63N2PS. The highest BCUT2D eigenvalue weighted by Crippen LogP contribution is 2.72. The van der Waals surface area contributed by atoms with E-state index in [1.54, 1.807) is 10.8 Å². The molecule has 2 nitrogen and oxygen atoms in total. The summed E-state index contributed by atoms with van der Waals surface area (Å²) in [4.78, 5) is 1.46. The van der Waals surface area contributed by atoms with E-state index in [-0.39, 0.29) is 0 Å². The molecule has 3 saturated carbocycles. The summed E-state index contributed by atoms with van der Waals surface area (Å²) in [5, 5.41) is 4.02. The highest BCUT2D eigenvalue weighted by Gasteiger charge is 2.47. The average Bonchev–Trinajstić information content (AvgIpc) is 3.69. The standard InChI is InChI=1S/C46H63N2PS/c1-31-26-33(3)44(34(4)27-31)47-37(7)38(8)48(45-35(5)28-32(2)29-36(45)6)46(47)49(40-19-11-9-12-20-40,41-21-13-10-14-22-41)43-24-16-15-18-39(43)30-42-23-17-25-50-42/h17,23,25-30,40-41,43H,9-16,18-22,24H2,1-8H3. The van der Waals surface area contributed by atoms with Crippen LogP contribution in [0.25, 0.3) is 17.5 Å². The Kier molecular flexibility index (Phi) is 10.7. The minimum atomic E-state index is -1.90. The zero-order valence-electron chi connectivity index (χ0n) is 32.5. The van der Waals surface area contributed by atoms with Crippen molar-refractivity contribution < 1.29 is 0 Å². The first-order valence-electron chi connectivity index (χ1n) is 20.1. The van der Waals surface area contributed by atoms with E-state index in [9.17, 15) is 0 Å². The van der Waals surface area contributed by atoms with Gasteiger partial charge in [0.2, 0.25) is 0 Å². The number of rotatable bonds is 6. The number of nitrogens with zero attached hydrogens (tertiary/aromatic N) is 2. The fourth-order valence-electron chi connectivity index (χ4n) is 11.2. The molecule has 2 aromatic heterocycles. The number of hydrogen-bond acceptors (Lipinski definition) is 1. The molecule has 2 aromatic carbocycles. The summed E-state index contributed by atoms with van der Waals surface area (Å²) < 4.78 is 5.85. The van der Waals surface area contributed by atoms with E-state index >= 15 is 0 Å². The normalized spacial score (nSPS) is 20.6. The van der Waals surface area contributed by atoms with E-state index < -0.39 is 6.89 Å². The lowest BCUT2D eigenvalue weighted by Gasteiger charge is -2.51. The first kappa shape index (κ1) is 35.9. The quantitative estimate of drug-likeness (QED) is 0.177. The van der Waals surface area contributed by atoms with Gasteiger partial charge in [-0.2, -0.15) is 0 Å². The number of imidazole rings is 1. The second kappa shape index (κ2) is 14.9. The minimum Gasteiger partial charge on any atom is -0.298 e. The molecule has 4 aromatic rings. The van der Waals surface area contributed by atoms with Crippen LogP contribution < -0.4 is 0 Å². The molecule has 7 rings (SSSR count). The predicted octanol–water partition coefficient (Wildman–Crippen LogP) is 14.0. The zero-order valence-corrected chi connectivity index (χ0v) is 34.2. The maximum atomic E-state index is 2.92. The zero-order chi connectivity index (χ0) is 35.2. The van der Waals surface area contributed by atoms with Gasteiger partial charge in [-0.1, -0.05) is 92.0 Å². The Labute approximate surface area is 308 Å². The van der Waals surface area contributed by atoms with Crippen molar-refractivity contribution >= 4 is 24.3 Å². The number of aryl methyl sites for hydroxylation is 6. The Bertz CT molecular complexity index is 1820. The Morgan fingerprint density at radius 3 is 1.50 bits per heavy atom. The minimum absolute atomic E-state index is 0.653. The molecule has 0 aliphatic heterocycles. The SMILES string of the molecule is Cc1cc(C)c(-n2c(C)c(C)n(-c3c(C)cc(C)cc3C)c2=P(C2CCCCC2)(C2CCCCC2)C2CCCCC2=Cc2cccs2)c(C)c1. The van der Waals surface area contributed by atoms with Crippen LogP contribution in [0, 0.1) is 60.6 Å². The average molecular weight is 707 g/mol. The Balaban J connectivity index is 1.78. The fraction of sp³-hybridized carbons (Fsp3) is 0.543. The number of thiophene rings is 1. The molecule has 1 unspecified atom stereocenters. The van der Waals surface area contributed by atoms with Crippen LogP contribution in [0.2, 0.25) is 0 Å². The Morgan fingerprint density at radius 2 is 1.06 bits per heavy atom. The summed E-state index contributed by atoms with van der Waals surface area (Å²) in [7, 11) is 0. The molecule has 3 fully saturated rings. The molecule has 0 N–H and O–H groups in total. The van der Waals surface area contributed by atoms with Gasteiger partial charge in [0.25, 0.3) is 0 Å². The molecular weight excluding hydrogens is 644 g/mol. The number of allylic oxidation sites excluding steroid dienone is 1. The van der Waals surface area contributed by atoms with Crippen LogP contribution in [-0.4, -0.2) is 26.1 Å². The van der Waals surface area contributed by atoms with Gasteiger partial charge >= 0.3 is 0 Å². The van der Waals surface area contributed by atoms with Crippen LogP contribution in [0.1, 0.15) is 140 Å². The molecule has 268 valence electrons. The van der Waals surface area contributed by atoms with Crippen molar-refractivity contribution in [1.82, 2.24) is 9.13 Å². The van der Waals surface area contributed by atoms with Gasteiger partial charge in [-0.05, 0) is 158 Å². The van der Waals surface area contributed by atoms with Gasteiger partial charge in [-0.25, -0.2) is 0 Å². The topological polar surface area (TPSA) is 9.86 Å². The monoisotopic (exact) mass is 706 g/mol. The summed E-state index contributed by atoms with van der Waals surface area (Å²) in [6.07, 6.45) is 22.1. The molecule has 0 saturated heterocycles. The first-order chi connectivity index (χ1) is 24.1. The maximum absolute atomic E-state index is 2.92. The second-order valence-corrected chi connectivity index (χ2v) is 21.7. The van der Waals surface area contributed by atoms with Crippen LogP contribution in [0.4, 0.5) is 0 Å². The number of hydrogen-bond donors (Lipinski definition) is 0. The van der Waals surface area contributed by atoms with Gasteiger partial charge in [-0.3, -0.25) is 9.13 Å². The third kappa shape index (κ3) is 6.32. The van der Waals surface area contributed by atoms with Crippen molar-refractivity contribution in [2.75, 3.05) is 0 Å². The third-order valence-electron chi connectivity index (χ3n) is 13.0. The van der Waals surface area contributed by atoms with Gasteiger partial charge in [-0.15, -0.1) is 11.3 Å². The van der Waals surface area contributed by atoms with Crippen molar-refractivity contribution in [3.63, 3.8) is 0 Å².